The standard InChI is InChI=1S/C6H8ClN3O2/c1-10-6(11)4(12-2)3(7)5(8)9-10/h1-2H3,(H2,8,9). The first-order chi connectivity index (χ1) is 5.57. The number of aromatic nitrogens is 2. The molecular formula is C6H8ClN3O2. The van der Waals surface area contributed by atoms with Crippen molar-refractivity contribution in [3.8, 4) is 5.75 Å². The average molecular weight is 190 g/mol. The number of nitrogens with zero attached hydrogens (tertiary/aromatic N) is 2. The van der Waals surface area contributed by atoms with Crippen molar-refractivity contribution in [2.45, 2.75) is 0 Å². The molecule has 0 fully saturated rings. The third-order valence-corrected chi connectivity index (χ3v) is 1.74. The summed E-state index contributed by atoms with van der Waals surface area (Å²) in [5.74, 6) is 0.0993. The topological polar surface area (TPSA) is 70.1 Å². The minimum Gasteiger partial charge on any atom is -0.490 e. The van der Waals surface area contributed by atoms with Crippen molar-refractivity contribution < 1.29 is 4.74 Å². The third kappa shape index (κ3) is 1.23. The number of methoxy groups -OCH3 is 1. The maximum atomic E-state index is 11.2. The molecule has 0 unspecified atom stereocenters. The normalized spacial score (nSPS) is 9.92. The van der Waals surface area contributed by atoms with E-state index < -0.39 is 5.56 Å². The van der Waals surface area contributed by atoms with E-state index in [0.29, 0.717) is 0 Å². The summed E-state index contributed by atoms with van der Waals surface area (Å²) >= 11 is 5.64. The molecule has 2 N–H and O–H groups in total. The van der Waals surface area contributed by atoms with Gasteiger partial charge in [-0.05, 0) is 0 Å². The number of ether oxygens (including phenoxy) is 1. The van der Waals surface area contributed by atoms with Gasteiger partial charge in [-0.1, -0.05) is 11.6 Å². The molecule has 6 heteroatoms. The second kappa shape index (κ2) is 3.02. The number of anilines is 1. The Balaban J connectivity index is 3.53. The van der Waals surface area contributed by atoms with Gasteiger partial charge < -0.3 is 10.5 Å². The van der Waals surface area contributed by atoms with Crippen LogP contribution in [0.1, 0.15) is 0 Å². The lowest BCUT2D eigenvalue weighted by molar-refractivity contribution is 0.401. The molecule has 0 atom stereocenters. The summed E-state index contributed by atoms with van der Waals surface area (Å²) in [5.41, 5.74) is 4.98. The van der Waals surface area contributed by atoms with Gasteiger partial charge >= 0.3 is 5.56 Å². The molecule has 1 aromatic heterocycles. The summed E-state index contributed by atoms with van der Waals surface area (Å²) < 4.78 is 5.82. The Morgan fingerprint density at radius 1 is 1.67 bits per heavy atom. The van der Waals surface area contributed by atoms with Gasteiger partial charge in [-0.3, -0.25) is 4.79 Å². The minimum absolute atomic E-state index is 0.0201. The van der Waals surface area contributed by atoms with E-state index in [1.165, 1.54) is 14.2 Å². The van der Waals surface area contributed by atoms with Crippen molar-refractivity contribution in [2.75, 3.05) is 12.8 Å². The number of hydrogen-bond donors (Lipinski definition) is 1. The quantitative estimate of drug-likeness (QED) is 0.677. The van der Waals surface area contributed by atoms with Crippen molar-refractivity contribution in [1.29, 1.82) is 0 Å². The number of hydrogen-bond acceptors (Lipinski definition) is 4. The van der Waals surface area contributed by atoms with Crippen molar-refractivity contribution in [3.05, 3.63) is 15.4 Å². The molecule has 0 aliphatic heterocycles. The third-order valence-electron chi connectivity index (χ3n) is 1.37. The summed E-state index contributed by atoms with van der Waals surface area (Å²) in [5, 5.41) is 3.71. The molecule has 66 valence electrons. The Morgan fingerprint density at radius 3 is 2.75 bits per heavy atom. The second-order valence-electron chi connectivity index (χ2n) is 2.16. The first-order valence-corrected chi connectivity index (χ1v) is 3.52. The molecule has 12 heavy (non-hydrogen) atoms. The summed E-state index contributed by atoms with van der Waals surface area (Å²) in [6.45, 7) is 0. The highest BCUT2D eigenvalue weighted by Gasteiger charge is 2.11. The first-order valence-electron chi connectivity index (χ1n) is 3.14. The van der Waals surface area contributed by atoms with Gasteiger partial charge in [0.15, 0.2) is 5.82 Å². The summed E-state index contributed by atoms with van der Waals surface area (Å²) in [4.78, 5) is 11.2. The molecule has 1 aromatic rings. The molecule has 0 aliphatic carbocycles. The van der Waals surface area contributed by atoms with Crippen LogP contribution in [0.2, 0.25) is 5.02 Å². The minimum atomic E-state index is -0.406. The van der Waals surface area contributed by atoms with Crippen LogP contribution in [-0.4, -0.2) is 16.9 Å². The number of nitrogens with two attached hydrogens (primary N) is 1. The van der Waals surface area contributed by atoms with Gasteiger partial charge in [0.2, 0.25) is 5.75 Å². The lowest BCUT2D eigenvalue weighted by Crippen LogP contribution is -2.22. The highest BCUT2D eigenvalue weighted by atomic mass is 35.5. The largest absolute Gasteiger partial charge is 0.490 e. The lowest BCUT2D eigenvalue weighted by atomic mass is 10.5. The van der Waals surface area contributed by atoms with Crippen LogP contribution < -0.4 is 16.0 Å². The monoisotopic (exact) mass is 189 g/mol. The van der Waals surface area contributed by atoms with Crippen LogP contribution in [0.15, 0.2) is 4.79 Å². The zero-order valence-corrected chi connectivity index (χ0v) is 7.42. The van der Waals surface area contributed by atoms with E-state index in [2.05, 4.69) is 5.10 Å². The van der Waals surface area contributed by atoms with Crippen LogP contribution in [0.4, 0.5) is 5.82 Å². The molecule has 0 saturated heterocycles. The highest BCUT2D eigenvalue weighted by molar-refractivity contribution is 6.34. The Labute approximate surface area is 73.7 Å². The predicted molar refractivity (Wildman–Crippen MR) is 45.5 cm³/mol. The van der Waals surface area contributed by atoms with Crippen LogP contribution in [0.5, 0.6) is 5.75 Å². The lowest BCUT2D eigenvalue weighted by Gasteiger charge is -2.05. The average Bonchev–Trinajstić information content (AvgIpc) is 2.02. The Morgan fingerprint density at radius 2 is 2.25 bits per heavy atom. The number of aryl methyl sites for hydroxylation is 1. The van der Waals surface area contributed by atoms with Crippen molar-refractivity contribution >= 4 is 17.4 Å². The molecule has 1 heterocycles. The molecule has 0 aliphatic rings. The fourth-order valence-electron chi connectivity index (χ4n) is 0.785. The van der Waals surface area contributed by atoms with Gasteiger partial charge in [-0.25, -0.2) is 4.68 Å². The van der Waals surface area contributed by atoms with Crippen molar-refractivity contribution in [3.63, 3.8) is 0 Å². The first kappa shape index (κ1) is 8.86. The second-order valence-corrected chi connectivity index (χ2v) is 2.54. The van der Waals surface area contributed by atoms with Crippen LogP contribution >= 0.6 is 11.6 Å². The van der Waals surface area contributed by atoms with Crippen LogP contribution in [0.3, 0.4) is 0 Å². The molecular weight excluding hydrogens is 182 g/mol. The zero-order valence-electron chi connectivity index (χ0n) is 6.67. The Bertz CT molecular complexity index is 361. The van der Waals surface area contributed by atoms with Crippen LogP contribution in [-0.2, 0) is 7.05 Å². The molecule has 0 saturated carbocycles. The molecule has 1 rings (SSSR count). The molecule has 0 radical (unpaired) electrons. The molecule has 0 amide bonds. The van der Waals surface area contributed by atoms with E-state index in [9.17, 15) is 4.79 Å². The van der Waals surface area contributed by atoms with Crippen LogP contribution in [0.25, 0.3) is 0 Å². The van der Waals surface area contributed by atoms with Gasteiger partial charge in [0.1, 0.15) is 5.02 Å². The number of rotatable bonds is 1. The molecule has 0 aromatic carbocycles. The van der Waals surface area contributed by atoms with E-state index in [1.807, 2.05) is 0 Å². The molecule has 0 spiro atoms. The fourth-order valence-corrected chi connectivity index (χ4v) is 0.981. The Hall–Kier alpha value is -1.23. The van der Waals surface area contributed by atoms with Gasteiger partial charge in [0.05, 0.1) is 7.11 Å². The van der Waals surface area contributed by atoms with Gasteiger partial charge in [-0.2, -0.15) is 5.10 Å². The summed E-state index contributed by atoms with van der Waals surface area (Å²) in [6.07, 6.45) is 0. The van der Waals surface area contributed by atoms with Gasteiger partial charge in [0, 0.05) is 7.05 Å². The van der Waals surface area contributed by atoms with E-state index in [0.717, 1.165) is 4.68 Å². The predicted octanol–water partition coefficient (Wildman–Crippen LogP) is 0.0245. The fraction of sp³-hybridized carbons (Fsp3) is 0.333. The smallest absolute Gasteiger partial charge is 0.310 e. The van der Waals surface area contributed by atoms with E-state index >= 15 is 0 Å². The van der Waals surface area contributed by atoms with Gasteiger partial charge in [0.25, 0.3) is 0 Å². The van der Waals surface area contributed by atoms with Crippen molar-refractivity contribution in [1.82, 2.24) is 9.78 Å². The maximum absolute atomic E-state index is 11.2. The molecule has 0 bridgehead atoms. The van der Waals surface area contributed by atoms with E-state index in [-0.39, 0.29) is 16.6 Å². The highest BCUT2D eigenvalue weighted by Crippen LogP contribution is 2.23. The number of halogens is 1. The van der Waals surface area contributed by atoms with E-state index in [4.69, 9.17) is 22.1 Å². The Kier molecular flexibility index (Phi) is 2.23. The maximum Gasteiger partial charge on any atom is 0.310 e. The SMILES string of the molecule is COc1c(Cl)c(N)nn(C)c1=O. The van der Waals surface area contributed by atoms with Gasteiger partial charge in [-0.15, -0.1) is 0 Å². The molecule has 5 nitrogen and oxygen atoms in total. The van der Waals surface area contributed by atoms with Crippen LogP contribution in [0, 0.1) is 0 Å². The zero-order chi connectivity index (χ0) is 9.30. The number of nitrogen functional groups attached to an aromatic ring is 1. The van der Waals surface area contributed by atoms with E-state index in [1.54, 1.807) is 0 Å². The summed E-state index contributed by atoms with van der Waals surface area (Å²) in [7, 11) is 2.82. The van der Waals surface area contributed by atoms with Crippen molar-refractivity contribution in [2.24, 2.45) is 7.05 Å². The summed E-state index contributed by atoms with van der Waals surface area (Å²) in [6, 6.07) is 0.